The SMILES string of the molecule is Cn1c(-c2ccccc2)c(/N=N/c2scc[n+]2C)c2ccccc21.[Br-]. The summed E-state index contributed by atoms with van der Waals surface area (Å²) in [7, 11) is 4.06. The van der Waals surface area contributed by atoms with E-state index < -0.39 is 0 Å². The summed E-state index contributed by atoms with van der Waals surface area (Å²) in [5, 5.41) is 13.1. The van der Waals surface area contributed by atoms with Crippen LogP contribution in [0.25, 0.3) is 22.2 Å². The molecule has 0 radical (unpaired) electrons. The second-order valence-electron chi connectivity index (χ2n) is 5.64. The highest BCUT2D eigenvalue weighted by Gasteiger charge is 2.18. The van der Waals surface area contributed by atoms with Crippen molar-refractivity contribution in [2.75, 3.05) is 0 Å². The molecule has 0 aliphatic heterocycles. The van der Waals surface area contributed by atoms with Crippen LogP contribution in [0.15, 0.2) is 76.4 Å². The number of fused-ring (bicyclic) bond motifs is 1. The fraction of sp³-hybridized carbons (Fsp3) is 0.105. The van der Waals surface area contributed by atoms with Gasteiger partial charge in [0.1, 0.15) is 11.9 Å². The summed E-state index contributed by atoms with van der Waals surface area (Å²) in [4.78, 5) is 0. The smallest absolute Gasteiger partial charge is 0.408 e. The van der Waals surface area contributed by atoms with Crippen molar-refractivity contribution in [2.24, 2.45) is 24.3 Å². The number of thiazole rings is 1. The molecule has 0 N–H and O–H groups in total. The molecule has 2 aromatic heterocycles. The molecule has 0 saturated carbocycles. The topological polar surface area (TPSA) is 33.5 Å². The van der Waals surface area contributed by atoms with Crippen LogP contribution in [0.5, 0.6) is 0 Å². The lowest BCUT2D eigenvalue weighted by molar-refractivity contribution is -0.654. The molecule has 6 heteroatoms. The summed E-state index contributed by atoms with van der Waals surface area (Å²) >= 11 is 1.58. The Morgan fingerprint density at radius 1 is 0.960 bits per heavy atom. The van der Waals surface area contributed by atoms with E-state index in [1.165, 1.54) is 0 Å². The first-order valence-electron chi connectivity index (χ1n) is 7.73. The first kappa shape index (κ1) is 17.5. The number of azo groups is 1. The van der Waals surface area contributed by atoms with Crippen LogP contribution in [0.4, 0.5) is 10.8 Å². The number of aryl methyl sites for hydroxylation is 2. The van der Waals surface area contributed by atoms with E-state index in [0.717, 1.165) is 33.0 Å². The predicted molar refractivity (Wildman–Crippen MR) is 98.0 cm³/mol. The lowest BCUT2D eigenvalue weighted by Gasteiger charge is -2.04. The number of hydrogen-bond acceptors (Lipinski definition) is 3. The predicted octanol–water partition coefficient (Wildman–Crippen LogP) is 2.15. The van der Waals surface area contributed by atoms with E-state index >= 15 is 0 Å². The molecule has 4 rings (SSSR count). The zero-order valence-electron chi connectivity index (χ0n) is 13.9. The van der Waals surface area contributed by atoms with Gasteiger partial charge in [0.25, 0.3) is 0 Å². The number of halogens is 1. The summed E-state index contributed by atoms with van der Waals surface area (Å²) in [6, 6.07) is 18.7. The van der Waals surface area contributed by atoms with E-state index in [4.69, 9.17) is 0 Å². The van der Waals surface area contributed by atoms with Crippen LogP contribution in [-0.2, 0) is 14.1 Å². The Morgan fingerprint density at radius 2 is 1.68 bits per heavy atom. The van der Waals surface area contributed by atoms with Gasteiger partial charge in [-0.25, -0.2) is 4.57 Å². The van der Waals surface area contributed by atoms with E-state index in [2.05, 4.69) is 52.2 Å². The van der Waals surface area contributed by atoms with Gasteiger partial charge in [-0.15, -0.1) is 0 Å². The second kappa shape index (κ2) is 7.29. The molecule has 4 nitrogen and oxygen atoms in total. The summed E-state index contributed by atoms with van der Waals surface area (Å²) < 4.78 is 4.16. The Hall–Kier alpha value is -2.31. The average molecular weight is 413 g/mol. The molecule has 0 spiro atoms. The molecule has 4 aromatic rings. The highest BCUT2D eigenvalue weighted by atomic mass is 79.9. The molecule has 0 atom stereocenters. The fourth-order valence-electron chi connectivity index (χ4n) is 2.92. The van der Waals surface area contributed by atoms with E-state index in [1.54, 1.807) is 11.3 Å². The minimum atomic E-state index is 0. The van der Waals surface area contributed by atoms with Gasteiger partial charge in [0.15, 0.2) is 0 Å². The maximum Gasteiger partial charge on any atom is 0.408 e. The third-order valence-electron chi connectivity index (χ3n) is 4.12. The number of rotatable bonds is 3. The Morgan fingerprint density at radius 3 is 2.40 bits per heavy atom. The first-order valence-corrected chi connectivity index (χ1v) is 8.61. The van der Waals surface area contributed by atoms with E-state index in [1.807, 2.05) is 47.5 Å². The maximum absolute atomic E-state index is 4.63. The van der Waals surface area contributed by atoms with Gasteiger partial charge in [0.2, 0.25) is 0 Å². The van der Waals surface area contributed by atoms with Crippen molar-refractivity contribution < 1.29 is 21.5 Å². The van der Waals surface area contributed by atoms with Gasteiger partial charge >= 0.3 is 5.13 Å². The van der Waals surface area contributed by atoms with Gasteiger partial charge in [-0.3, -0.25) is 0 Å². The van der Waals surface area contributed by atoms with E-state index in [9.17, 15) is 0 Å². The highest BCUT2D eigenvalue weighted by molar-refractivity contribution is 7.12. The van der Waals surface area contributed by atoms with Crippen LogP contribution in [-0.4, -0.2) is 4.57 Å². The number of nitrogens with zero attached hydrogens (tertiary/aromatic N) is 4. The molecule has 2 aromatic carbocycles. The monoisotopic (exact) mass is 412 g/mol. The third-order valence-corrected chi connectivity index (χ3v) is 4.96. The summed E-state index contributed by atoms with van der Waals surface area (Å²) in [5.74, 6) is 0. The molecule has 0 aliphatic carbocycles. The minimum Gasteiger partial charge on any atom is -1.00 e. The molecule has 25 heavy (non-hydrogen) atoms. The molecule has 2 heterocycles. The van der Waals surface area contributed by atoms with Gasteiger partial charge in [0, 0.05) is 23.4 Å². The van der Waals surface area contributed by atoms with Crippen LogP contribution in [0.2, 0.25) is 0 Å². The summed E-state index contributed by atoms with van der Waals surface area (Å²) in [5.41, 5.74) is 4.29. The van der Waals surface area contributed by atoms with Gasteiger partial charge in [0.05, 0.1) is 23.4 Å². The Balaban J connectivity index is 0.00000182. The zero-order valence-corrected chi connectivity index (χ0v) is 16.3. The normalized spacial score (nSPS) is 11.1. The fourth-order valence-corrected chi connectivity index (χ4v) is 3.60. The molecule has 0 bridgehead atoms. The minimum absolute atomic E-state index is 0. The largest absolute Gasteiger partial charge is 1.00 e. The molecule has 126 valence electrons. The molecular formula is C19H17BrN4S. The van der Waals surface area contributed by atoms with Crippen LogP contribution in [0.3, 0.4) is 0 Å². The van der Waals surface area contributed by atoms with Crippen LogP contribution >= 0.6 is 11.3 Å². The zero-order chi connectivity index (χ0) is 16.5. The second-order valence-corrected chi connectivity index (χ2v) is 6.51. The molecule has 0 saturated heterocycles. The number of aromatic nitrogens is 2. The van der Waals surface area contributed by atoms with Crippen molar-refractivity contribution in [3.63, 3.8) is 0 Å². The molecule has 0 fully saturated rings. The number of para-hydroxylation sites is 1. The first-order chi connectivity index (χ1) is 11.8. The maximum atomic E-state index is 4.63. The van der Waals surface area contributed by atoms with Gasteiger partial charge < -0.3 is 21.5 Å². The Labute approximate surface area is 160 Å². The number of benzene rings is 2. The van der Waals surface area contributed by atoms with Crippen molar-refractivity contribution in [2.45, 2.75) is 0 Å². The van der Waals surface area contributed by atoms with Crippen LogP contribution in [0, 0.1) is 0 Å². The van der Waals surface area contributed by atoms with Gasteiger partial charge in [-0.1, -0.05) is 48.5 Å². The third kappa shape index (κ3) is 3.15. The van der Waals surface area contributed by atoms with Crippen molar-refractivity contribution in [3.8, 4) is 11.3 Å². The highest BCUT2D eigenvalue weighted by Crippen LogP contribution is 2.40. The molecule has 0 amide bonds. The van der Waals surface area contributed by atoms with Gasteiger partial charge in [-0.2, -0.15) is 0 Å². The molecule has 0 unspecified atom stereocenters. The average Bonchev–Trinajstić information content (AvgIpc) is 3.15. The van der Waals surface area contributed by atoms with Crippen molar-refractivity contribution in [1.82, 2.24) is 4.57 Å². The lowest BCUT2D eigenvalue weighted by Crippen LogP contribution is -3.00. The van der Waals surface area contributed by atoms with E-state index in [-0.39, 0.29) is 17.0 Å². The van der Waals surface area contributed by atoms with Crippen molar-refractivity contribution in [1.29, 1.82) is 0 Å². The van der Waals surface area contributed by atoms with E-state index in [0.29, 0.717) is 0 Å². The lowest BCUT2D eigenvalue weighted by atomic mass is 10.1. The quantitative estimate of drug-likeness (QED) is 0.365. The standard InChI is InChI=1S/C19H17N4S.BrH/c1-22-12-13-24-19(22)21-20-17-15-10-6-7-11-16(15)23(2)18(17)14-8-4-3-5-9-14;/h3-13H,1-2H3;1H/q+1;/p-1. The Kier molecular flexibility index (Phi) is 5.11. The summed E-state index contributed by atoms with van der Waals surface area (Å²) in [6.45, 7) is 0. The van der Waals surface area contributed by atoms with Gasteiger partial charge in [-0.05, 0) is 22.5 Å². The molecule has 0 aliphatic rings. The van der Waals surface area contributed by atoms with Crippen molar-refractivity contribution in [3.05, 3.63) is 66.2 Å². The van der Waals surface area contributed by atoms with Crippen LogP contribution in [0.1, 0.15) is 0 Å². The van der Waals surface area contributed by atoms with Crippen molar-refractivity contribution >= 4 is 33.1 Å². The van der Waals surface area contributed by atoms with Crippen LogP contribution < -0.4 is 21.5 Å². The summed E-state index contributed by atoms with van der Waals surface area (Å²) in [6.07, 6.45) is 1.99. The number of hydrogen-bond donors (Lipinski definition) is 0. The molecular weight excluding hydrogens is 396 g/mol. The Bertz CT molecular complexity index is 1030.